The second kappa shape index (κ2) is 5.41. The van der Waals surface area contributed by atoms with Crippen molar-refractivity contribution in [2.45, 2.75) is 0 Å². The molecule has 21 heavy (non-hydrogen) atoms. The van der Waals surface area contributed by atoms with Gasteiger partial charge in [0.15, 0.2) is 0 Å². The minimum atomic E-state index is -1.47. The first-order valence-corrected chi connectivity index (χ1v) is 6.59. The van der Waals surface area contributed by atoms with E-state index in [1.54, 1.807) is 18.2 Å². The van der Waals surface area contributed by atoms with Crippen molar-refractivity contribution < 1.29 is 10.0 Å². The highest BCUT2D eigenvalue weighted by atomic mass is 16.4. The lowest BCUT2D eigenvalue weighted by Gasteiger charge is -2.09. The predicted octanol–water partition coefficient (Wildman–Crippen LogP) is 2.06. The summed E-state index contributed by atoms with van der Waals surface area (Å²) in [5.41, 5.74) is 2.98. The van der Waals surface area contributed by atoms with E-state index in [0.29, 0.717) is 11.0 Å². The molecule has 0 saturated carbocycles. The summed E-state index contributed by atoms with van der Waals surface area (Å²) in [4.78, 5) is 0. The average molecular weight is 273 g/mol. The Kier molecular flexibility index (Phi) is 3.45. The van der Waals surface area contributed by atoms with Crippen LogP contribution in [0.15, 0.2) is 60.7 Å². The molecule has 0 aromatic heterocycles. The Balaban J connectivity index is 2.23. The quantitative estimate of drug-likeness (QED) is 0.702. The minimum absolute atomic E-state index is 0.444. The summed E-state index contributed by atoms with van der Waals surface area (Å²) in [6, 6.07) is 20.8. The van der Waals surface area contributed by atoms with Crippen LogP contribution in [0.5, 0.6) is 0 Å². The molecule has 2 N–H and O–H groups in total. The van der Waals surface area contributed by atoms with Crippen LogP contribution < -0.4 is 5.46 Å². The molecular formula is C17H12BNO2. The van der Waals surface area contributed by atoms with Crippen molar-refractivity contribution in [1.29, 1.82) is 5.26 Å². The van der Waals surface area contributed by atoms with Gasteiger partial charge in [0, 0.05) is 5.39 Å². The molecule has 0 heterocycles. The van der Waals surface area contributed by atoms with Gasteiger partial charge in [-0.2, -0.15) is 5.26 Å². The number of hydrogen-bond donors (Lipinski definition) is 2. The summed E-state index contributed by atoms with van der Waals surface area (Å²) in [5.74, 6) is 0. The second-order valence-electron chi connectivity index (χ2n) is 4.82. The fraction of sp³-hybridized carbons (Fsp3) is 0. The molecule has 0 radical (unpaired) electrons. The monoisotopic (exact) mass is 273 g/mol. The first-order chi connectivity index (χ1) is 10.2. The number of rotatable bonds is 2. The van der Waals surface area contributed by atoms with Crippen LogP contribution >= 0.6 is 0 Å². The summed E-state index contributed by atoms with van der Waals surface area (Å²) in [6.45, 7) is 0. The summed E-state index contributed by atoms with van der Waals surface area (Å²) in [6.07, 6.45) is 0. The van der Waals surface area contributed by atoms with Crippen molar-refractivity contribution in [3.05, 3.63) is 66.2 Å². The van der Waals surface area contributed by atoms with Crippen molar-refractivity contribution in [3.63, 3.8) is 0 Å². The summed E-state index contributed by atoms with van der Waals surface area (Å²) in [7, 11) is -1.47. The molecule has 0 aliphatic heterocycles. The highest BCUT2D eigenvalue weighted by molar-refractivity contribution is 6.58. The number of fused-ring (bicyclic) bond motifs is 1. The van der Waals surface area contributed by atoms with Crippen molar-refractivity contribution in [2.24, 2.45) is 0 Å². The van der Waals surface area contributed by atoms with Gasteiger partial charge in [0.2, 0.25) is 0 Å². The van der Waals surface area contributed by atoms with Crippen LogP contribution in [0.1, 0.15) is 5.56 Å². The van der Waals surface area contributed by atoms with Gasteiger partial charge >= 0.3 is 7.12 Å². The van der Waals surface area contributed by atoms with Crippen molar-refractivity contribution in [2.75, 3.05) is 0 Å². The van der Waals surface area contributed by atoms with Gasteiger partial charge in [0.25, 0.3) is 0 Å². The average Bonchev–Trinajstić information content (AvgIpc) is 2.53. The molecular weight excluding hydrogens is 261 g/mol. The fourth-order valence-electron chi connectivity index (χ4n) is 2.51. The zero-order chi connectivity index (χ0) is 14.8. The van der Waals surface area contributed by atoms with Crippen LogP contribution in [-0.2, 0) is 0 Å². The normalized spacial score (nSPS) is 10.3. The molecule has 3 aromatic rings. The molecule has 100 valence electrons. The van der Waals surface area contributed by atoms with E-state index in [2.05, 4.69) is 6.07 Å². The maximum absolute atomic E-state index is 9.31. The molecule has 0 amide bonds. The lowest BCUT2D eigenvalue weighted by atomic mass is 9.79. The number of hydrogen-bond acceptors (Lipinski definition) is 3. The van der Waals surface area contributed by atoms with Crippen LogP contribution in [-0.4, -0.2) is 17.2 Å². The molecule has 0 fully saturated rings. The second-order valence-corrected chi connectivity index (χ2v) is 4.82. The molecule has 0 saturated heterocycles. The highest BCUT2D eigenvalue weighted by Gasteiger charge is 2.12. The summed E-state index contributed by atoms with van der Waals surface area (Å²) < 4.78 is 0. The Morgan fingerprint density at radius 1 is 0.857 bits per heavy atom. The predicted molar refractivity (Wildman–Crippen MR) is 83.9 cm³/mol. The topological polar surface area (TPSA) is 64.2 Å². The molecule has 3 nitrogen and oxygen atoms in total. The number of benzene rings is 3. The molecule has 4 heteroatoms. The zero-order valence-corrected chi connectivity index (χ0v) is 11.2. The SMILES string of the molecule is N#Cc1cccc2cccc(-c3ccc(B(O)O)cc3)c12. The fourth-order valence-corrected chi connectivity index (χ4v) is 2.51. The molecule has 0 aliphatic carbocycles. The van der Waals surface area contributed by atoms with Crippen LogP contribution in [0.25, 0.3) is 21.9 Å². The van der Waals surface area contributed by atoms with E-state index in [4.69, 9.17) is 10.0 Å². The molecule has 0 atom stereocenters. The Morgan fingerprint density at radius 2 is 1.52 bits per heavy atom. The van der Waals surface area contributed by atoms with Gasteiger partial charge in [-0.15, -0.1) is 0 Å². The summed E-state index contributed by atoms with van der Waals surface area (Å²) >= 11 is 0. The zero-order valence-electron chi connectivity index (χ0n) is 11.2. The minimum Gasteiger partial charge on any atom is -0.423 e. The van der Waals surface area contributed by atoms with Gasteiger partial charge in [-0.05, 0) is 28.0 Å². The number of nitrogens with zero attached hydrogens (tertiary/aromatic N) is 1. The third-order valence-electron chi connectivity index (χ3n) is 3.54. The van der Waals surface area contributed by atoms with Gasteiger partial charge in [0.05, 0.1) is 11.6 Å². The van der Waals surface area contributed by atoms with Crippen LogP contribution in [0.3, 0.4) is 0 Å². The van der Waals surface area contributed by atoms with Gasteiger partial charge < -0.3 is 10.0 Å². The lowest BCUT2D eigenvalue weighted by Crippen LogP contribution is -2.29. The van der Waals surface area contributed by atoms with E-state index >= 15 is 0 Å². The van der Waals surface area contributed by atoms with Crippen LogP contribution in [0.4, 0.5) is 0 Å². The van der Waals surface area contributed by atoms with Crippen molar-refractivity contribution in [1.82, 2.24) is 0 Å². The van der Waals surface area contributed by atoms with Gasteiger partial charge in [-0.25, -0.2) is 0 Å². The van der Waals surface area contributed by atoms with Gasteiger partial charge in [-0.3, -0.25) is 0 Å². The standard InChI is InChI=1S/C17H12BNO2/c19-11-14-5-1-3-13-4-2-6-16(17(13)14)12-7-9-15(10-8-12)18(20)21/h1-10,20-21H. The maximum atomic E-state index is 9.31. The Bertz CT molecular complexity index is 830. The highest BCUT2D eigenvalue weighted by Crippen LogP contribution is 2.30. The Labute approximate surface area is 122 Å². The molecule has 0 bridgehead atoms. The van der Waals surface area contributed by atoms with Crippen LogP contribution in [0.2, 0.25) is 0 Å². The molecule has 3 aromatic carbocycles. The molecule has 0 spiro atoms. The third-order valence-corrected chi connectivity index (χ3v) is 3.54. The smallest absolute Gasteiger partial charge is 0.423 e. The Morgan fingerprint density at radius 3 is 2.14 bits per heavy atom. The van der Waals surface area contributed by atoms with Crippen molar-refractivity contribution in [3.8, 4) is 17.2 Å². The largest absolute Gasteiger partial charge is 0.488 e. The van der Waals surface area contributed by atoms with Gasteiger partial charge in [0.1, 0.15) is 0 Å². The van der Waals surface area contributed by atoms with Gasteiger partial charge in [-0.1, -0.05) is 54.6 Å². The van der Waals surface area contributed by atoms with Crippen molar-refractivity contribution >= 4 is 23.4 Å². The summed E-state index contributed by atoms with van der Waals surface area (Å²) in [5, 5.41) is 29.5. The van der Waals surface area contributed by atoms with E-state index < -0.39 is 7.12 Å². The molecule has 0 unspecified atom stereocenters. The Hall–Kier alpha value is -2.61. The molecule has 3 rings (SSSR count). The van der Waals surface area contributed by atoms with E-state index in [0.717, 1.165) is 21.9 Å². The number of nitriles is 1. The van der Waals surface area contributed by atoms with E-state index in [1.807, 2.05) is 42.5 Å². The van der Waals surface area contributed by atoms with E-state index in [1.165, 1.54) is 0 Å². The molecule has 0 aliphatic rings. The first-order valence-electron chi connectivity index (χ1n) is 6.59. The lowest BCUT2D eigenvalue weighted by molar-refractivity contribution is 0.426. The van der Waals surface area contributed by atoms with E-state index in [-0.39, 0.29) is 0 Å². The third kappa shape index (κ3) is 2.41. The maximum Gasteiger partial charge on any atom is 0.488 e. The van der Waals surface area contributed by atoms with E-state index in [9.17, 15) is 5.26 Å². The van der Waals surface area contributed by atoms with Crippen LogP contribution in [0, 0.1) is 11.3 Å². The first kappa shape index (κ1) is 13.4.